The number of rotatable bonds is 7. The largest absolute Gasteiger partial charge is 0.489 e. The van der Waals surface area contributed by atoms with E-state index < -0.39 is 5.97 Å². The number of ether oxygens (including phenoxy) is 2. The third kappa shape index (κ3) is 4.80. The Morgan fingerprint density at radius 2 is 1.81 bits per heavy atom. The molecule has 0 spiro atoms. The third-order valence-corrected chi connectivity index (χ3v) is 4.63. The third-order valence-electron chi connectivity index (χ3n) is 3.72. The predicted octanol–water partition coefficient (Wildman–Crippen LogP) is 4.68. The van der Waals surface area contributed by atoms with E-state index in [1.807, 2.05) is 48.7 Å². The lowest BCUT2D eigenvalue weighted by Crippen LogP contribution is -2.13. The van der Waals surface area contributed by atoms with Gasteiger partial charge >= 0.3 is 5.97 Å². The molecule has 26 heavy (non-hydrogen) atoms. The van der Waals surface area contributed by atoms with Crippen LogP contribution in [0.1, 0.15) is 31.2 Å². The van der Waals surface area contributed by atoms with Crippen molar-refractivity contribution < 1.29 is 19.1 Å². The lowest BCUT2D eigenvalue weighted by molar-refractivity contribution is 0.0476. The number of esters is 1. The van der Waals surface area contributed by atoms with Crippen LogP contribution in [0, 0.1) is 6.92 Å². The molecule has 0 bridgehead atoms. The minimum absolute atomic E-state index is 0.198. The van der Waals surface area contributed by atoms with Crippen LogP contribution in [0.3, 0.4) is 0 Å². The van der Waals surface area contributed by atoms with E-state index in [2.05, 4.69) is 0 Å². The van der Waals surface area contributed by atoms with Crippen molar-refractivity contribution in [3.63, 3.8) is 0 Å². The summed E-state index contributed by atoms with van der Waals surface area (Å²) in [6.45, 7) is 2.17. The maximum Gasteiger partial charge on any atom is 0.338 e. The van der Waals surface area contributed by atoms with Gasteiger partial charge in [0.05, 0.1) is 10.4 Å². The Bertz CT molecular complexity index is 883. The highest BCUT2D eigenvalue weighted by Gasteiger charge is 2.12. The molecule has 0 saturated heterocycles. The van der Waals surface area contributed by atoms with Crippen LogP contribution in [0.15, 0.2) is 66.0 Å². The summed E-state index contributed by atoms with van der Waals surface area (Å²) in [5, 5.41) is 1.81. The molecule has 0 unspecified atom stereocenters. The molecule has 1 heterocycles. The van der Waals surface area contributed by atoms with Gasteiger partial charge in [0.25, 0.3) is 0 Å². The highest BCUT2D eigenvalue weighted by atomic mass is 32.1. The van der Waals surface area contributed by atoms with Crippen LogP contribution in [-0.4, -0.2) is 18.4 Å². The first-order valence-corrected chi connectivity index (χ1v) is 9.02. The number of ketones is 1. The lowest BCUT2D eigenvalue weighted by Gasteiger charge is -2.08. The van der Waals surface area contributed by atoms with Gasteiger partial charge in [-0.2, -0.15) is 0 Å². The quantitative estimate of drug-likeness (QED) is 0.450. The predicted molar refractivity (Wildman–Crippen MR) is 101 cm³/mol. The fourth-order valence-electron chi connectivity index (χ4n) is 2.33. The minimum atomic E-state index is -0.513. The van der Waals surface area contributed by atoms with Crippen LogP contribution in [0.5, 0.6) is 5.75 Å². The van der Waals surface area contributed by atoms with Crippen LogP contribution in [0.2, 0.25) is 0 Å². The second-order valence-electron chi connectivity index (χ2n) is 5.78. The zero-order valence-corrected chi connectivity index (χ0v) is 15.1. The molecule has 0 N–H and O–H groups in total. The number of carbonyl (C=O) groups excluding carboxylic acids is 2. The van der Waals surface area contributed by atoms with Crippen molar-refractivity contribution in [2.75, 3.05) is 6.61 Å². The first-order chi connectivity index (χ1) is 12.6. The molecule has 132 valence electrons. The maximum absolute atomic E-state index is 12.0. The van der Waals surface area contributed by atoms with Gasteiger partial charge in [0.15, 0.2) is 6.61 Å². The molecule has 0 fully saturated rings. The number of carbonyl (C=O) groups is 2. The average Bonchev–Trinajstić information content (AvgIpc) is 3.19. The number of hydrogen-bond acceptors (Lipinski definition) is 5. The Morgan fingerprint density at radius 3 is 2.50 bits per heavy atom. The van der Waals surface area contributed by atoms with Crippen LogP contribution >= 0.6 is 11.3 Å². The van der Waals surface area contributed by atoms with E-state index in [0.29, 0.717) is 17.0 Å². The molecule has 0 aliphatic rings. The van der Waals surface area contributed by atoms with Crippen LogP contribution < -0.4 is 4.74 Å². The smallest absolute Gasteiger partial charge is 0.338 e. The van der Waals surface area contributed by atoms with Gasteiger partial charge in [0, 0.05) is 0 Å². The first kappa shape index (κ1) is 17.9. The van der Waals surface area contributed by atoms with Crippen molar-refractivity contribution in [2.45, 2.75) is 13.5 Å². The first-order valence-electron chi connectivity index (χ1n) is 8.14. The van der Waals surface area contributed by atoms with E-state index in [1.54, 1.807) is 24.3 Å². The molecule has 0 radical (unpaired) electrons. The van der Waals surface area contributed by atoms with Crippen LogP contribution in [0.4, 0.5) is 0 Å². The van der Waals surface area contributed by atoms with Gasteiger partial charge in [-0.25, -0.2) is 4.79 Å². The van der Waals surface area contributed by atoms with E-state index in [0.717, 1.165) is 16.9 Å². The van der Waals surface area contributed by atoms with Crippen molar-refractivity contribution >= 4 is 23.1 Å². The average molecular weight is 366 g/mol. The van der Waals surface area contributed by atoms with E-state index in [1.165, 1.54) is 11.3 Å². The molecular formula is C21H18O4S. The number of benzene rings is 2. The van der Waals surface area contributed by atoms with Gasteiger partial charge in [-0.3, -0.25) is 4.79 Å². The molecule has 3 rings (SSSR count). The Labute approximate surface area is 156 Å². The van der Waals surface area contributed by atoms with E-state index >= 15 is 0 Å². The van der Waals surface area contributed by atoms with Gasteiger partial charge in [-0.05, 0) is 53.8 Å². The molecule has 2 aromatic carbocycles. The van der Waals surface area contributed by atoms with E-state index in [-0.39, 0.29) is 12.4 Å². The SMILES string of the molecule is Cc1cccc(OCc2ccc(C(=O)OCC(=O)c3cccs3)cc2)c1. The van der Waals surface area contributed by atoms with Crippen molar-refractivity contribution in [3.05, 3.63) is 87.6 Å². The number of hydrogen-bond donors (Lipinski definition) is 0. The molecule has 0 aliphatic carbocycles. The summed E-state index contributed by atoms with van der Waals surface area (Å²) in [6, 6.07) is 18.3. The van der Waals surface area contributed by atoms with Crippen molar-refractivity contribution in [2.24, 2.45) is 0 Å². The maximum atomic E-state index is 12.0. The fourth-order valence-corrected chi connectivity index (χ4v) is 2.98. The minimum Gasteiger partial charge on any atom is -0.489 e. The second kappa shape index (κ2) is 8.45. The number of thiophene rings is 1. The highest BCUT2D eigenvalue weighted by molar-refractivity contribution is 7.12. The molecular weight excluding hydrogens is 348 g/mol. The van der Waals surface area contributed by atoms with Gasteiger partial charge in [-0.1, -0.05) is 30.3 Å². The molecule has 1 aromatic heterocycles. The number of Topliss-reactive ketones (excluding diaryl/α,β-unsaturated/α-hetero) is 1. The Hall–Kier alpha value is -2.92. The van der Waals surface area contributed by atoms with Crippen molar-refractivity contribution in [3.8, 4) is 5.75 Å². The summed E-state index contributed by atoms with van der Waals surface area (Å²) in [4.78, 5) is 24.5. The molecule has 0 amide bonds. The van der Waals surface area contributed by atoms with Crippen LogP contribution in [-0.2, 0) is 11.3 Å². The summed E-state index contributed by atoms with van der Waals surface area (Å²) in [6.07, 6.45) is 0. The summed E-state index contributed by atoms with van der Waals surface area (Å²) < 4.78 is 10.8. The Morgan fingerprint density at radius 1 is 1.00 bits per heavy atom. The van der Waals surface area contributed by atoms with Gasteiger partial charge in [0.1, 0.15) is 12.4 Å². The van der Waals surface area contributed by atoms with Crippen molar-refractivity contribution in [1.29, 1.82) is 0 Å². The highest BCUT2D eigenvalue weighted by Crippen LogP contribution is 2.15. The van der Waals surface area contributed by atoms with Crippen LogP contribution in [0.25, 0.3) is 0 Å². The summed E-state index contributed by atoms with van der Waals surface area (Å²) in [7, 11) is 0. The zero-order valence-electron chi connectivity index (χ0n) is 14.3. The molecule has 0 atom stereocenters. The van der Waals surface area contributed by atoms with E-state index in [4.69, 9.17) is 9.47 Å². The summed E-state index contributed by atoms with van der Waals surface area (Å²) in [5.41, 5.74) is 2.48. The molecule has 0 saturated carbocycles. The lowest BCUT2D eigenvalue weighted by atomic mass is 10.1. The molecule has 4 nitrogen and oxygen atoms in total. The Kier molecular flexibility index (Phi) is 5.81. The van der Waals surface area contributed by atoms with Gasteiger partial charge in [0.2, 0.25) is 5.78 Å². The topological polar surface area (TPSA) is 52.6 Å². The van der Waals surface area contributed by atoms with E-state index in [9.17, 15) is 9.59 Å². The zero-order chi connectivity index (χ0) is 18.4. The standard InChI is InChI=1S/C21H18O4S/c1-15-4-2-5-18(12-15)24-13-16-7-9-17(10-8-16)21(23)25-14-19(22)20-6-3-11-26-20/h2-12H,13-14H2,1H3. The second-order valence-corrected chi connectivity index (χ2v) is 6.73. The monoisotopic (exact) mass is 366 g/mol. The molecule has 0 aliphatic heterocycles. The normalized spacial score (nSPS) is 10.3. The molecule has 3 aromatic rings. The fraction of sp³-hybridized carbons (Fsp3) is 0.143. The summed E-state index contributed by atoms with van der Waals surface area (Å²) >= 11 is 1.33. The Balaban J connectivity index is 1.51. The number of aryl methyl sites for hydroxylation is 1. The summed E-state index contributed by atoms with van der Waals surface area (Å²) in [5.74, 6) is 0.0955. The van der Waals surface area contributed by atoms with Gasteiger partial charge < -0.3 is 9.47 Å². The molecule has 5 heteroatoms. The van der Waals surface area contributed by atoms with Gasteiger partial charge in [-0.15, -0.1) is 11.3 Å². The van der Waals surface area contributed by atoms with Crippen molar-refractivity contribution in [1.82, 2.24) is 0 Å².